The first kappa shape index (κ1) is 60.4. The molecule has 366 valence electrons. The van der Waals surface area contributed by atoms with E-state index in [1.165, 1.54) is 270 Å². The van der Waals surface area contributed by atoms with Gasteiger partial charge in [0.15, 0.2) is 0 Å². The summed E-state index contributed by atoms with van der Waals surface area (Å²) >= 11 is 0. The topological polar surface area (TPSA) is 89.8 Å². The summed E-state index contributed by atoms with van der Waals surface area (Å²) in [6.45, 7) is 4.28. The van der Waals surface area contributed by atoms with Crippen molar-refractivity contribution in [3.8, 4) is 0 Å². The smallest absolute Gasteiger partial charge is 0.249 e. The van der Waals surface area contributed by atoms with Gasteiger partial charge in [0.2, 0.25) is 5.91 Å². The van der Waals surface area contributed by atoms with Gasteiger partial charge in [0.05, 0.1) is 18.8 Å². The normalized spacial score (nSPS) is 13.2. The number of carbonyl (C=O) groups is 1. The van der Waals surface area contributed by atoms with Crippen molar-refractivity contribution in [3.63, 3.8) is 0 Å². The van der Waals surface area contributed by atoms with Crippen molar-refractivity contribution < 1.29 is 20.1 Å². The lowest BCUT2D eigenvalue weighted by Gasteiger charge is -2.23. The predicted octanol–water partition coefficient (Wildman–Crippen LogP) is 17.3. The fourth-order valence-electron chi connectivity index (χ4n) is 9.31. The van der Waals surface area contributed by atoms with Crippen LogP contribution in [0.3, 0.4) is 0 Å². The van der Waals surface area contributed by atoms with Crippen LogP contribution in [0.5, 0.6) is 0 Å². The Bertz CT molecular complexity index is 822. The van der Waals surface area contributed by atoms with Crippen LogP contribution in [0.25, 0.3) is 0 Å². The SMILES string of the molecule is CCCCCCCCCCCCCCCCCCCCCCCCCCC(O)C(CO)NC(=O)C(O)CCCCCCCCCCCCCCCCCCCCCCCCC. The largest absolute Gasteiger partial charge is 0.394 e. The van der Waals surface area contributed by atoms with Crippen LogP contribution in [-0.4, -0.2) is 46.1 Å². The highest BCUT2D eigenvalue weighted by molar-refractivity contribution is 5.80. The molecule has 0 aliphatic rings. The predicted molar refractivity (Wildman–Crippen MR) is 269 cm³/mol. The lowest BCUT2D eigenvalue weighted by atomic mass is 10.0. The quantitative estimate of drug-likeness (QED) is 0.0459. The van der Waals surface area contributed by atoms with Crippen LogP contribution in [0, 0.1) is 0 Å². The van der Waals surface area contributed by atoms with Gasteiger partial charge in [-0.2, -0.15) is 0 Å². The van der Waals surface area contributed by atoms with Crippen molar-refractivity contribution >= 4 is 5.91 Å². The number of hydrogen-bond acceptors (Lipinski definition) is 4. The van der Waals surface area contributed by atoms with E-state index in [2.05, 4.69) is 19.2 Å². The second-order valence-corrected chi connectivity index (χ2v) is 19.9. The van der Waals surface area contributed by atoms with Crippen molar-refractivity contribution in [2.24, 2.45) is 0 Å². The molecule has 5 nitrogen and oxygen atoms in total. The molecule has 1 amide bonds. The van der Waals surface area contributed by atoms with Crippen LogP contribution >= 0.6 is 0 Å². The molecule has 0 heterocycles. The zero-order valence-electron chi connectivity index (χ0n) is 41.8. The molecule has 3 unspecified atom stereocenters. The molecule has 0 aromatic rings. The van der Waals surface area contributed by atoms with E-state index in [1.54, 1.807) is 0 Å². The van der Waals surface area contributed by atoms with Gasteiger partial charge >= 0.3 is 0 Å². The highest BCUT2D eigenvalue weighted by atomic mass is 16.3. The van der Waals surface area contributed by atoms with Gasteiger partial charge in [-0.1, -0.05) is 316 Å². The van der Waals surface area contributed by atoms with Gasteiger partial charge in [0.25, 0.3) is 0 Å². The molecule has 0 aliphatic carbocycles. The Hall–Kier alpha value is -0.650. The average Bonchev–Trinajstić information content (AvgIpc) is 3.26. The van der Waals surface area contributed by atoms with Crippen LogP contribution in [0.1, 0.15) is 328 Å². The molecule has 0 saturated carbocycles. The van der Waals surface area contributed by atoms with Gasteiger partial charge in [0.1, 0.15) is 6.10 Å². The van der Waals surface area contributed by atoms with Crippen LogP contribution < -0.4 is 5.32 Å². The third-order valence-electron chi connectivity index (χ3n) is 13.7. The van der Waals surface area contributed by atoms with E-state index < -0.39 is 24.2 Å². The Morgan fingerprint density at radius 2 is 0.525 bits per heavy atom. The van der Waals surface area contributed by atoms with Gasteiger partial charge in [-0.05, 0) is 12.8 Å². The summed E-state index contributed by atoms with van der Waals surface area (Å²) in [6, 6.07) is -0.707. The molecule has 4 N–H and O–H groups in total. The van der Waals surface area contributed by atoms with Gasteiger partial charge in [0, 0.05) is 0 Å². The third-order valence-corrected chi connectivity index (χ3v) is 13.7. The summed E-state index contributed by atoms with van der Waals surface area (Å²) < 4.78 is 0. The van der Waals surface area contributed by atoms with E-state index in [0.29, 0.717) is 12.8 Å². The van der Waals surface area contributed by atoms with Gasteiger partial charge in [-0.25, -0.2) is 0 Å². The van der Waals surface area contributed by atoms with Gasteiger partial charge < -0.3 is 20.6 Å². The molecule has 0 bridgehead atoms. The van der Waals surface area contributed by atoms with E-state index in [4.69, 9.17) is 0 Å². The van der Waals surface area contributed by atoms with Crippen molar-refractivity contribution in [1.29, 1.82) is 0 Å². The Kier molecular flexibility index (Phi) is 51.4. The summed E-state index contributed by atoms with van der Waals surface area (Å²) in [4.78, 5) is 12.6. The molecule has 3 atom stereocenters. The Morgan fingerprint density at radius 1 is 0.328 bits per heavy atom. The Labute approximate surface area is 383 Å². The molecule has 0 aromatic carbocycles. The molecule has 0 fully saturated rings. The molecule has 61 heavy (non-hydrogen) atoms. The molecular weight excluding hydrogens is 751 g/mol. The first-order valence-corrected chi connectivity index (χ1v) is 28.3. The van der Waals surface area contributed by atoms with E-state index in [9.17, 15) is 20.1 Å². The minimum atomic E-state index is -1.07. The van der Waals surface area contributed by atoms with Gasteiger partial charge in [-0.3, -0.25) is 4.79 Å². The number of rotatable bonds is 53. The van der Waals surface area contributed by atoms with Crippen LogP contribution in [0.2, 0.25) is 0 Å². The second-order valence-electron chi connectivity index (χ2n) is 19.9. The van der Waals surface area contributed by atoms with E-state index >= 15 is 0 Å². The third kappa shape index (κ3) is 47.1. The highest BCUT2D eigenvalue weighted by Gasteiger charge is 2.23. The number of aliphatic hydroxyl groups excluding tert-OH is 3. The first-order chi connectivity index (χ1) is 30.1. The fraction of sp³-hybridized carbons (Fsp3) is 0.982. The molecular formula is C56H113NO4. The number of aliphatic hydroxyl groups is 3. The van der Waals surface area contributed by atoms with Crippen molar-refractivity contribution in [3.05, 3.63) is 0 Å². The van der Waals surface area contributed by atoms with E-state index in [0.717, 1.165) is 32.1 Å². The highest BCUT2D eigenvalue weighted by Crippen LogP contribution is 2.19. The maximum absolute atomic E-state index is 12.6. The second kappa shape index (κ2) is 52.0. The number of amides is 1. The van der Waals surface area contributed by atoms with Crippen LogP contribution in [0.15, 0.2) is 0 Å². The monoisotopic (exact) mass is 864 g/mol. The minimum absolute atomic E-state index is 0.307. The number of carbonyl (C=O) groups excluding carboxylic acids is 1. The molecule has 0 aliphatic heterocycles. The fourth-order valence-corrected chi connectivity index (χ4v) is 9.31. The standard InChI is InChI=1S/C56H113NO4/c1-3-5-7-9-11-13-15-17-19-21-23-25-27-29-30-32-34-36-38-40-42-44-46-48-50-54(59)53(52-58)57-56(61)55(60)51-49-47-45-43-41-39-37-35-33-31-28-26-24-22-20-18-16-14-12-10-8-6-4-2/h53-55,58-60H,3-52H2,1-2H3,(H,57,61). The van der Waals surface area contributed by atoms with E-state index in [-0.39, 0.29) is 6.61 Å². The maximum atomic E-state index is 12.6. The summed E-state index contributed by atoms with van der Waals surface area (Å²) in [5, 5.41) is 33.6. The summed E-state index contributed by atoms with van der Waals surface area (Å²) in [6.07, 6.45) is 62.9. The zero-order chi connectivity index (χ0) is 44.4. The summed E-state index contributed by atoms with van der Waals surface area (Å²) in [5.74, 6) is -0.462. The Balaban J connectivity index is 3.49. The zero-order valence-corrected chi connectivity index (χ0v) is 41.8. The molecule has 5 heteroatoms. The molecule has 0 spiro atoms. The molecule has 0 aromatic heterocycles. The first-order valence-electron chi connectivity index (χ1n) is 28.3. The number of hydrogen-bond donors (Lipinski definition) is 4. The van der Waals surface area contributed by atoms with Gasteiger partial charge in [-0.15, -0.1) is 0 Å². The molecule has 0 saturated heterocycles. The number of unbranched alkanes of at least 4 members (excludes halogenated alkanes) is 45. The van der Waals surface area contributed by atoms with Crippen molar-refractivity contribution in [1.82, 2.24) is 5.32 Å². The average molecular weight is 865 g/mol. The van der Waals surface area contributed by atoms with Crippen LogP contribution in [-0.2, 0) is 4.79 Å². The lowest BCUT2D eigenvalue weighted by Crippen LogP contribution is -2.49. The lowest BCUT2D eigenvalue weighted by molar-refractivity contribution is -0.131. The number of nitrogens with one attached hydrogen (secondary N) is 1. The molecule has 0 radical (unpaired) electrons. The minimum Gasteiger partial charge on any atom is -0.394 e. The summed E-state index contributed by atoms with van der Waals surface area (Å²) in [5.41, 5.74) is 0. The van der Waals surface area contributed by atoms with Crippen molar-refractivity contribution in [2.45, 2.75) is 347 Å². The maximum Gasteiger partial charge on any atom is 0.249 e. The van der Waals surface area contributed by atoms with Crippen LogP contribution in [0.4, 0.5) is 0 Å². The Morgan fingerprint density at radius 3 is 0.738 bits per heavy atom. The van der Waals surface area contributed by atoms with E-state index in [1.807, 2.05) is 0 Å². The summed E-state index contributed by atoms with van der Waals surface area (Å²) in [7, 11) is 0. The molecule has 0 rings (SSSR count). The van der Waals surface area contributed by atoms with Crippen molar-refractivity contribution in [2.75, 3.05) is 6.61 Å².